The summed E-state index contributed by atoms with van der Waals surface area (Å²) >= 11 is 0. The zero-order chi connectivity index (χ0) is 12.3. The molecule has 0 radical (unpaired) electrons. The number of aryl methyl sites for hydroxylation is 2. The molecule has 1 saturated heterocycles. The van der Waals surface area contributed by atoms with Crippen molar-refractivity contribution in [3.63, 3.8) is 0 Å². The molecule has 0 spiro atoms. The lowest BCUT2D eigenvalue weighted by atomic mass is 10.2. The van der Waals surface area contributed by atoms with Crippen LogP contribution in [0.4, 0.5) is 0 Å². The van der Waals surface area contributed by atoms with Gasteiger partial charge in [-0.2, -0.15) is 5.10 Å². The van der Waals surface area contributed by atoms with Gasteiger partial charge in [0, 0.05) is 45.0 Å². The van der Waals surface area contributed by atoms with Crippen LogP contribution in [0.15, 0.2) is 6.20 Å². The largest absolute Gasteiger partial charge is 0.374 e. The maximum Gasteiger partial charge on any atom is 0.0826 e. The van der Waals surface area contributed by atoms with Crippen molar-refractivity contribution in [2.75, 3.05) is 33.3 Å². The lowest BCUT2D eigenvalue weighted by molar-refractivity contribution is -0.0182. The molecule has 1 aromatic rings. The molecule has 0 aliphatic carbocycles. The van der Waals surface area contributed by atoms with E-state index in [9.17, 15) is 0 Å². The third-order valence-electron chi connectivity index (χ3n) is 3.14. The van der Waals surface area contributed by atoms with Crippen LogP contribution in [-0.2, 0) is 18.3 Å². The van der Waals surface area contributed by atoms with E-state index in [4.69, 9.17) is 4.74 Å². The molecule has 17 heavy (non-hydrogen) atoms. The van der Waals surface area contributed by atoms with E-state index < -0.39 is 0 Å². The SMILES string of the molecule is Cc1nn(C)cc1CNCC1CN(C)CCO1. The number of hydrogen-bond acceptors (Lipinski definition) is 4. The molecule has 1 atom stereocenters. The minimum absolute atomic E-state index is 0.311. The Labute approximate surface area is 103 Å². The van der Waals surface area contributed by atoms with Gasteiger partial charge in [0.2, 0.25) is 0 Å². The average Bonchev–Trinajstić information content (AvgIpc) is 2.58. The molecule has 2 heterocycles. The van der Waals surface area contributed by atoms with Crippen molar-refractivity contribution in [3.8, 4) is 0 Å². The van der Waals surface area contributed by atoms with Crippen molar-refractivity contribution in [1.29, 1.82) is 0 Å². The number of likely N-dealkylation sites (N-methyl/N-ethyl adjacent to an activating group) is 1. The van der Waals surface area contributed by atoms with E-state index in [0.717, 1.165) is 38.5 Å². The Kier molecular flexibility index (Phi) is 4.15. The first-order valence-electron chi connectivity index (χ1n) is 6.15. The van der Waals surface area contributed by atoms with E-state index in [-0.39, 0.29) is 0 Å². The highest BCUT2D eigenvalue weighted by Gasteiger charge is 2.17. The van der Waals surface area contributed by atoms with Gasteiger partial charge in [-0.3, -0.25) is 4.68 Å². The third-order valence-corrected chi connectivity index (χ3v) is 3.14. The Balaban J connectivity index is 1.74. The van der Waals surface area contributed by atoms with Gasteiger partial charge in [-0.1, -0.05) is 0 Å². The Hall–Kier alpha value is -0.910. The summed E-state index contributed by atoms with van der Waals surface area (Å²) in [6, 6.07) is 0. The van der Waals surface area contributed by atoms with Crippen molar-refractivity contribution in [3.05, 3.63) is 17.5 Å². The Bertz CT molecular complexity index is 363. The van der Waals surface area contributed by atoms with Gasteiger partial charge in [0.1, 0.15) is 0 Å². The summed E-state index contributed by atoms with van der Waals surface area (Å²) < 4.78 is 7.56. The molecule has 0 saturated carbocycles. The lowest BCUT2D eigenvalue weighted by Crippen LogP contribution is -2.44. The van der Waals surface area contributed by atoms with Crippen LogP contribution in [0.25, 0.3) is 0 Å². The highest BCUT2D eigenvalue weighted by molar-refractivity contribution is 5.14. The molecule has 1 aromatic heterocycles. The van der Waals surface area contributed by atoms with Crippen molar-refractivity contribution in [2.24, 2.45) is 7.05 Å². The fourth-order valence-electron chi connectivity index (χ4n) is 2.18. The zero-order valence-electron chi connectivity index (χ0n) is 10.9. The van der Waals surface area contributed by atoms with Crippen LogP contribution in [0.1, 0.15) is 11.3 Å². The van der Waals surface area contributed by atoms with Gasteiger partial charge in [-0.25, -0.2) is 0 Å². The second-order valence-electron chi connectivity index (χ2n) is 4.80. The smallest absolute Gasteiger partial charge is 0.0826 e. The quantitative estimate of drug-likeness (QED) is 0.811. The number of nitrogens with zero attached hydrogens (tertiary/aromatic N) is 3. The van der Waals surface area contributed by atoms with Gasteiger partial charge in [-0.05, 0) is 14.0 Å². The molecule has 5 heteroatoms. The first kappa shape index (κ1) is 12.5. The topological polar surface area (TPSA) is 42.3 Å². The number of aromatic nitrogens is 2. The minimum atomic E-state index is 0.311. The van der Waals surface area contributed by atoms with Gasteiger partial charge in [0.25, 0.3) is 0 Å². The molecule has 1 N–H and O–H groups in total. The normalized spacial score (nSPS) is 21.9. The number of nitrogens with one attached hydrogen (secondary N) is 1. The second-order valence-corrected chi connectivity index (χ2v) is 4.80. The lowest BCUT2D eigenvalue weighted by Gasteiger charge is -2.30. The predicted octanol–water partition coefficient (Wildman–Crippen LogP) is 0.149. The standard InChI is InChI=1S/C12H22N4O/c1-10-11(8-16(3)14-10)6-13-7-12-9-15(2)4-5-17-12/h8,12-13H,4-7,9H2,1-3H3. The van der Waals surface area contributed by atoms with E-state index in [2.05, 4.69) is 28.6 Å². The molecule has 0 aromatic carbocycles. The van der Waals surface area contributed by atoms with E-state index in [0.29, 0.717) is 6.10 Å². The molecule has 96 valence electrons. The van der Waals surface area contributed by atoms with Gasteiger partial charge in [0.05, 0.1) is 18.4 Å². The molecule has 1 unspecified atom stereocenters. The van der Waals surface area contributed by atoms with E-state index in [1.54, 1.807) is 0 Å². The molecular formula is C12H22N4O. The monoisotopic (exact) mass is 238 g/mol. The maximum absolute atomic E-state index is 5.70. The van der Waals surface area contributed by atoms with E-state index in [1.807, 2.05) is 18.7 Å². The van der Waals surface area contributed by atoms with Crippen LogP contribution in [-0.4, -0.2) is 54.1 Å². The molecule has 0 amide bonds. The van der Waals surface area contributed by atoms with Crippen LogP contribution < -0.4 is 5.32 Å². The molecule has 0 bridgehead atoms. The molecule has 5 nitrogen and oxygen atoms in total. The minimum Gasteiger partial charge on any atom is -0.374 e. The molecule has 1 aliphatic heterocycles. The highest BCUT2D eigenvalue weighted by Crippen LogP contribution is 2.05. The summed E-state index contributed by atoms with van der Waals surface area (Å²) in [6.45, 7) is 6.70. The van der Waals surface area contributed by atoms with Crippen LogP contribution in [0.5, 0.6) is 0 Å². The molecular weight excluding hydrogens is 216 g/mol. The van der Waals surface area contributed by atoms with Gasteiger partial charge in [-0.15, -0.1) is 0 Å². The number of hydrogen-bond donors (Lipinski definition) is 1. The number of rotatable bonds is 4. The van der Waals surface area contributed by atoms with E-state index in [1.165, 1.54) is 5.56 Å². The fourth-order valence-corrected chi connectivity index (χ4v) is 2.18. The van der Waals surface area contributed by atoms with Gasteiger partial charge in [0.15, 0.2) is 0 Å². The number of morpholine rings is 1. The van der Waals surface area contributed by atoms with Crippen molar-refractivity contribution in [2.45, 2.75) is 19.6 Å². The fraction of sp³-hybridized carbons (Fsp3) is 0.750. The summed E-state index contributed by atoms with van der Waals surface area (Å²) in [6.07, 6.45) is 2.38. The Morgan fingerprint density at radius 3 is 3.00 bits per heavy atom. The Morgan fingerprint density at radius 1 is 1.53 bits per heavy atom. The maximum atomic E-state index is 5.70. The van der Waals surface area contributed by atoms with Crippen molar-refractivity contribution < 1.29 is 4.74 Å². The van der Waals surface area contributed by atoms with Crippen LogP contribution in [0.2, 0.25) is 0 Å². The summed E-state index contributed by atoms with van der Waals surface area (Å²) in [4.78, 5) is 2.31. The zero-order valence-corrected chi connectivity index (χ0v) is 10.9. The van der Waals surface area contributed by atoms with Crippen LogP contribution in [0.3, 0.4) is 0 Å². The van der Waals surface area contributed by atoms with Crippen LogP contribution >= 0.6 is 0 Å². The van der Waals surface area contributed by atoms with Crippen LogP contribution in [0, 0.1) is 6.92 Å². The van der Waals surface area contributed by atoms with Gasteiger partial charge >= 0.3 is 0 Å². The Morgan fingerprint density at radius 2 is 2.35 bits per heavy atom. The third kappa shape index (κ3) is 3.52. The predicted molar refractivity (Wildman–Crippen MR) is 66.9 cm³/mol. The van der Waals surface area contributed by atoms with Crippen molar-refractivity contribution >= 4 is 0 Å². The van der Waals surface area contributed by atoms with Gasteiger partial charge < -0.3 is 15.0 Å². The molecule has 1 fully saturated rings. The average molecular weight is 238 g/mol. The summed E-state index contributed by atoms with van der Waals surface area (Å²) in [5.41, 5.74) is 2.36. The second kappa shape index (κ2) is 5.62. The molecule has 2 rings (SSSR count). The van der Waals surface area contributed by atoms with Crippen molar-refractivity contribution in [1.82, 2.24) is 20.0 Å². The molecule has 1 aliphatic rings. The highest BCUT2D eigenvalue weighted by atomic mass is 16.5. The number of ether oxygens (including phenoxy) is 1. The first-order valence-corrected chi connectivity index (χ1v) is 6.15. The summed E-state index contributed by atoms with van der Waals surface area (Å²) in [7, 11) is 4.09. The summed E-state index contributed by atoms with van der Waals surface area (Å²) in [5, 5.41) is 7.77. The first-order chi connectivity index (χ1) is 8.15. The van der Waals surface area contributed by atoms with E-state index >= 15 is 0 Å². The summed E-state index contributed by atoms with van der Waals surface area (Å²) in [5.74, 6) is 0.